The molecule has 0 aliphatic rings. The molecule has 424 valence electrons. The van der Waals surface area contributed by atoms with E-state index in [1.54, 1.807) is 0 Å². The van der Waals surface area contributed by atoms with Crippen molar-refractivity contribution in [2.75, 3.05) is 26.4 Å². The van der Waals surface area contributed by atoms with Crippen molar-refractivity contribution >= 4 is 19.8 Å². The second kappa shape index (κ2) is 58.9. The number of rotatable bonds is 55. The molecule has 0 saturated heterocycles. The van der Waals surface area contributed by atoms with Crippen molar-refractivity contribution in [1.29, 1.82) is 0 Å². The normalized spacial score (nSPS) is 13.8. The third-order valence-corrected chi connectivity index (χ3v) is 13.4. The average molecular weight is 1050 g/mol. The van der Waals surface area contributed by atoms with Crippen molar-refractivity contribution in [3.8, 4) is 0 Å². The largest absolute Gasteiger partial charge is 0.472 e. The molecule has 0 fully saturated rings. The number of phosphoric acid groups is 1. The second-order valence-electron chi connectivity index (χ2n) is 19.5. The van der Waals surface area contributed by atoms with Gasteiger partial charge >= 0.3 is 19.8 Å². The van der Waals surface area contributed by atoms with Gasteiger partial charge in [0.25, 0.3) is 0 Å². The highest BCUT2D eigenvalue weighted by Crippen LogP contribution is 2.43. The van der Waals surface area contributed by atoms with Crippen LogP contribution in [-0.4, -0.2) is 49.3 Å². The zero-order valence-corrected chi connectivity index (χ0v) is 48.2. The highest BCUT2D eigenvalue weighted by atomic mass is 31.2. The summed E-state index contributed by atoms with van der Waals surface area (Å²) in [6.45, 7) is 3.62. The quantitative estimate of drug-likeness (QED) is 0.0264. The Hall–Kier alpha value is -3.33. The molecule has 0 amide bonds. The molecule has 9 nitrogen and oxygen atoms in total. The van der Waals surface area contributed by atoms with Gasteiger partial charge < -0.3 is 20.1 Å². The summed E-state index contributed by atoms with van der Waals surface area (Å²) in [6.07, 6.45) is 80.1. The summed E-state index contributed by atoms with van der Waals surface area (Å²) in [5.41, 5.74) is 5.38. The lowest BCUT2D eigenvalue weighted by molar-refractivity contribution is -0.161. The van der Waals surface area contributed by atoms with Gasteiger partial charge in [0.15, 0.2) is 6.10 Å². The standard InChI is InChI=1S/C64H110NO8P/c1-3-5-7-9-11-13-15-17-19-21-22-23-24-25-26-27-28-29-30-31-32-33-34-35-36-37-38-39-40-41-43-45-47-49-51-53-55-57-64(67)73-62(61-72-74(68,69)71-59-58-65)60-70-63(66)56-54-52-50-48-46-44-42-20-18-16-14-12-10-8-6-4-2/h5,7,11,13,17,19-20,22-23,25-26,28-29,31-32,34-35,42,62H,3-4,6,8-10,12,14-16,18,21,24,27,30,33,36-41,43-61,65H2,1-2H3,(H,68,69)/b7-5-,13-11-,19-17-,23-22-,26-25-,29-28-,32-31-,35-34-,42-20-. The van der Waals surface area contributed by atoms with Crippen LogP contribution in [0.3, 0.4) is 0 Å². The fourth-order valence-corrected chi connectivity index (χ4v) is 8.76. The van der Waals surface area contributed by atoms with Crippen molar-refractivity contribution in [2.45, 2.75) is 258 Å². The molecule has 0 spiro atoms. The third-order valence-electron chi connectivity index (χ3n) is 12.4. The maximum atomic E-state index is 12.7. The molecule has 0 aromatic carbocycles. The van der Waals surface area contributed by atoms with E-state index in [-0.39, 0.29) is 32.6 Å². The van der Waals surface area contributed by atoms with Gasteiger partial charge in [-0.05, 0) is 103 Å². The number of hydrogen-bond acceptors (Lipinski definition) is 8. The number of phosphoric ester groups is 1. The number of unbranched alkanes of at least 4 members (excludes halogenated alkanes) is 24. The Bertz CT molecular complexity index is 1580. The first-order valence-electron chi connectivity index (χ1n) is 29.9. The van der Waals surface area contributed by atoms with Gasteiger partial charge in [0.05, 0.1) is 13.2 Å². The number of ether oxygens (including phenoxy) is 2. The molecule has 2 atom stereocenters. The van der Waals surface area contributed by atoms with Gasteiger partial charge in [-0.15, -0.1) is 0 Å². The van der Waals surface area contributed by atoms with E-state index in [0.717, 1.165) is 109 Å². The Balaban J connectivity index is 3.95. The molecule has 0 aliphatic carbocycles. The fraction of sp³-hybridized carbons (Fsp3) is 0.688. The number of esters is 2. The van der Waals surface area contributed by atoms with Crippen LogP contribution in [-0.2, 0) is 32.7 Å². The van der Waals surface area contributed by atoms with E-state index in [4.69, 9.17) is 24.3 Å². The molecule has 0 bridgehead atoms. The van der Waals surface area contributed by atoms with Crippen molar-refractivity contribution in [3.05, 3.63) is 109 Å². The maximum absolute atomic E-state index is 12.7. The lowest BCUT2D eigenvalue weighted by Gasteiger charge is -2.19. The Morgan fingerprint density at radius 2 is 0.743 bits per heavy atom. The lowest BCUT2D eigenvalue weighted by Crippen LogP contribution is -2.29. The second-order valence-corrected chi connectivity index (χ2v) is 20.9. The zero-order valence-electron chi connectivity index (χ0n) is 47.3. The summed E-state index contributed by atoms with van der Waals surface area (Å²) >= 11 is 0. The summed E-state index contributed by atoms with van der Waals surface area (Å²) in [6, 6.07) is 0. The summed E-state index contributed by atoms with van der Waals surface area (Å²) in [5, 5.41) is 0. The number of nitrogens with two attached hydrogens (primary N) is 1. The molecule has 3 N–H and O–H groups in total. The molecule has 0 saturated carbocycles. The van der Waals surface area contributed by atoms with Crippen molar-refractivity contribution in [2.24, 2.45) is 5.73 Å². The van der Waals surface area contributed by atoms with Crippen LogP contribution in [0.4, 0.5) is 0 Å². The maximum Gasteiger partial charge on any atom is 0.472 e. The smallest absolute Gasteiger partial charge is 0.462 e. The number of carbonyl (C=O) groups is 2. The molecule has 0 rings (SSSR count). The zero-order chi connectivity index (χ0) is 53.8. The minimum atomic E-state index is -4.39. The first kappa shape index (κ1) is 70.7. The SMILES string of the molecule is CC/C=C\C/C=C\C/C=C\C/C=C\C/C=C\C/C=C\C/C=C\C/C=C\CCCCCCCCCCCCCCC(=O)OC(COC(=O)CCCCCCC/C=C\CCCCCCCCC)COP(=O)(O)OCCN. The predicted octanol–water partition coefficient (Wildman–Crippen LogP) is 19.0. The Labute approximate surface area is 454 Å². The van der Waals surface area contributed by atoms with Gasteiger partial charge in [-0.1, -0.05) is 245 Å². The van der Waals surface area contributed by atoms with Gasteiger partial charge in [-0.3, -0.25) is 18.6 Å². The molecule has 0 aromatic rings. The van der Waals surface area contributed by atoms with E-state index in [0.29, 0.717) is 6.42 Å². The van der Waals surface area contributed by atoms with E-state index in [9.17, 15) is 19.0 Å². The van der Waals surface area contributed by atoms with Crippen molar-refractivity contribution in [1.82, 2.24) is 0 Å². The van der Waals surface area contributed by atoms with E-state index in [1.165, 1.54) is 109 Å². The van der Waals surface area contributed by atoms with Crippen LogP contribution < -0.4 is 5.73 Å². The van der Waals surface area contributed by atoms with Gasteiger partial charge in [-0.2, -0.15) is 0 Å². The lowest BCUT2D eigenvalue weighted by atomic mass is 10.0. The van der Waals surface area contributed by atoms with Gasteiger partial charge in [0.1, 0.15) is 6.61 Å². The topological polar surface area (TPSA) is 134 Å². The molecule has 10 heteroatoms. The molecule has 2 unspecified atom stereocenters. The van der Waals surface area contributed by atoms with Gasteiger partial charge in [-0.25, -0.2) is 4.57 Å². The number of allylic oxidation sites excluding steroid dienone is 18. The predicted molar refractivity (Wildman–Crippen MR) is 316 cm³/mol. The van der Waals surface area contributed by atoms with Gasteiger partial charge in [0.2, 0.25) is 0 Å². The minimum Gasteiger partial charge on any atom is -0.462 e. The van der Waals surface area contributed by atoms with Crippen LogP contribution in [0.25, 0.3) is 0 Å². The molecule has 0 heterocycles. The summed E-state index contributed by atoms with van der Waals surface area (Å²) in [7, 11) is -4.39. The summed E-state index contributed by atoms with van der Waals surface area (Å²) < 4.78 is 33.0. The van der Waals surface area contributed by atoms with Crippen LogP contribution in [0.2, 0.25) is 0 Å². The molecular formula is C64H110NO8P. The Morgan fingerprint density at radius 3 is 1.12 bits per heavy atom. The van der Waals surface area contributed by atoms with Crippen LogP contribution in [0.15, 0.2) is 109 Å². The van der Waals surface area contributed by atoms with E-state index in [1.807, 2.05) is 0 Å². The fourth-order valence-electron chi connectivity index (χ4n) is 8.00. The minimum absolute atomic E-state index is 0.0483. The molecular weight excluding hydrogens is 942 g/mol. The highest BCUT2D eigenvalue weighted by molar-refractivity contribution is 7.47. The first-order valence-corrected chi connectivity index (χ1v) is 31.4. The summed E-state index contributed by atoms with van der Waals surface area (Å²) in [5.74, 6) is -0.840. The van der Waals surface area contributed by atoms with E-state index < -0.39 is 32.5 Å². The van der Waals surface area contributed by atoms with Crippen LogP contribution in [0, 0.1) is 0 Å². The van der Waals surface area contributed by atoms with Crippen LogP contribution >= 0.6 is 7.82 Å². The summed E-state index contributed by atoms with van der Waals surface area (Å²) in [4.78, 5) is 35.1. The molecule has 0 aromatic heterocycles. The number of carbonyl (C=O) groups excluding carboxylic acids is 2. The molecule has 74 heavy (non-hydrogen) atoms. The van der Waals surface area contributed by atoms with E-state index >= 15 is 0 Å². The number of hydrogen-bond donors (Lipinski definition) is 2. The Kier molecular flexibility index (Phi) is 56.3. The average Bonchev–Trinajstić information content (AvgIpc) is 3.39. The van der Waals surface area contributed by atoms with Crippen molar-refractivity contribution in [3.63, 3.8) is 0 Å². The van der Waals surface area contributed by atoms with Crippen LogP contribution in [0.1, 0.15) is 251 Å². The first-order chi connectivity index (χ1) is 36.3. The molecule has 0 aliphatic heterocycles. The van der Waals surface area contributed by atoms with Crippen LogP contribution in [0.5, 0.6) is 0 Å². The molecule has 0 radical (unpaired) electrons. The van der Waals surface area contributed by atoms with E-state index in [2.05, 4.69) is 123 Å². The van der Waals surface area contributed by atoms with Gasteiger partial charge in [0, 0.05) is 19.4 Å². The monoisotopic (exact) mass is 1050 g/mol. The highest BCUT2D eigenvalue weighted by Gasteiger charge is 2.26. The van der Waals surface area contributed by atoms with Crippen molar-refractivity contribution < 1.29 is 37.6 Å². The Morgan fingerprint density at radius 1 is 0.419 bits per heavy atom. The third kappa shape index (κ3) is 57.9.